The molecule has 4 nitrogen and oxygen atoms in total. The summed E-state index contributed by atoms with van der Waals surface area (Å²) in [4.78, 5) is 14.0. The van der Waals surface area contributed by atoms with Crippen LogP contribution < -0.4 is 9.47 Å². The summed E-state index contributed by atoms with van der Waals surface area (Å²) in [7, 11) is 0. The van der Waals surface area contributed by atoms with E-state index in [0.717, 1.165) is 22.6 Å². The Morgan fingerprint density at radius 2 is 1.66 bits per heavy atom. The highest BCUT2D eigenvalue weighted by molar-refractivity contribution is 7.16. The van der Waals surface area contributed by atoms with Gasteiger partial charge < -0.3 is 9.47 Å². The van der Waals surface area contributed by atoms with Crippen LogP contribution in [-0.4, -0.2) is 12.6 Å². The molecule has 0 spiro atoms. The lowest BCUT2D eigenvalue weighted by Crippen LogP contribution is -2.08. The number of carbonyl (C=O) groups is 1. The molecule has 0 amide bonds. The topological polar surface area (TPSA) is 59.3 Å². The van der Waals surface area contributed by atoms with Crippen LogP contribution in [0.5, 0.6) is 11.5 Å². The maximum absolute atomic E-state index is 12.4. The Morgan fingerprint density at radius 3 is 2.31 bits per heavy atom. The minimum atomic E-state index is -0.407. The van der Waals surface area contributed by atoms with Crippen LogP contribution >= 0.6 is 11.3 Å². The lowest BCUT2D eigenvalue weighted by Gasteiger charge is -2.08. The van der Waals surface area contributed by atoms with Gasteiger partial charge in [0, 0.05) is 4.88 Å². The van der Waals surface area contributed by atoms with Gasteiger partial charge >= 0.3 is 5.97 Å². The van der Waals surface area contributed by atoms with E-state index >= 15 is 0 Å². The molecular formula is C24H23NO3S. The summed E-state index contributed by atoms with van der Waals surface area (Å²) in [6.07, 6.45) is 4.64. The maximum Gasteiger partial charge on any atom is 0.343 e. The molecule has 2 aromatic carbocycles. The van der Waals surface area contributed by atoms with Crippen molar-refractivity contribution in [3.8, 4) is 28.0 Å². The third kappa shape index (κ3) is 5.94. The molecule has 1 heterocycles. The first-order valence-corrected chi connectivity index (χ1v) is 10.6. The summed E-state index contributed by atoms with van der Waals surface area (Å²) in [6.45, 7) is 2.87. The van der Waals surface area contributed by atoms with Gasteiger partial charge in [-0.2, -0.15) is 5.26 Å². The Morgan fingerprint density at radius 1 is 0.931 bits per heavy atom. The van der Waals surface area contributed by atoms with Crippen molar-refractivity contribution in [1.82, 2.24) is 0 Å². The second-order valence-electron chi connectivity index (χ2n) is 6.62. The van der Waals surface area contributed by atoms with E-state index in [9.17, 15) is 4.79 Å². The first kappa shape index (κ1) is 20.6. The zero-order valence-electron chi connectivity index (χ0n) is 16.4. The van der Waals surface area contributed by atoms with Gasteiger partial charge in [-0.25, -0.2) is 4.79 Å². The Kier molecular flexibility index (Phi) is 7.43. The average Bonchev–Trinajstić information content (AvgIpc) is 3.24. The lowest BCUT2D eigenvalue weighted by atomic mass is 10.2. The number of rotatable bonds is 9. The Bertz CT molecular complexity index is 969. The summed E-state index contributed by atoms with van der Waals surface area (Å²) in [5.74, 6) is 0.831. The van der Waals surface area contributed by atoms with Crippen LogP contribution in [0.15, 0.2) is 60.7 Å². The number of ether oxygens (including phenoxy) is 2. The zero-order valence-corrected chi connectivity index (χ0v) is 17.2. The number of esters is 1. The molecule has 0 N–H and O–H groups in total. The molecule has 0 aliphatic rings. The molecule has 0 radical (unpaired) electrons. The molecule has 3 rings (SSSR count). The monoisotopic (exact) mass is 405 g/mol. The van der Waals surface area contributed by atoms with Crippen LogP contribution in [0.25, 0.3) is 10.4 Å². The van der Waals surface area contributed by atoms with E-state index in [1.54, 1.807) is 42.5 Å². The Balaban J connectivity index is 1.53. The fourth-order valence-electron chi connectivity index (χ4n) is 2.81. The van der Waals surface area contributed by atoms with Crippen LogP contribution in [0.2, 0.25) is 0 Å². The number of carbonyl (C=O) groups excluding carboxylic acids is 1. The summed E-state index contributed by atoms with van der Waals surface area (Å²) in [6, 6.07) is 20.1. The standard InChI is InChI=1S/C24H23NO3S/c1-2-3-4-5-16-27-20-10-8-19(9-11-20)24(26)28-21-12-6-18(7-13-21)23-15-14-22(17-25)29-23/h6-15H,2-5,16H2,1H3. The Hall–Kier alpha value is -3.10. The zero-order chi connectivity index (χ0) is 20.5. The molecule has 3 aromatic rings. The fourth-order valence-corrected chi connectivity index (χ4v) is 3.62. The predicted octanol–water partition coefficient (Wildman–Crippen LogP) is 6.47. The smallest absolute Gasteiger partial charge is 0.343 e. The molecular weight excluding hydrogens is 382 g/mol. The quantitative estimate of drug-likeness (QED) is 0.233. The van der Waals surface area contributed by atoms with Gasteiger partial charge in [-0.3, -0.25) is 0 Å². The molecule has 0 bridgehead atoms. The van der Waals surface area contributed by atoms with Gasteiger partial charge in [0.1, 0.15) is 22.4 Å². The second kappa shape index (κ2) is 10.4. The number of benzene rings is 2. The largest absolute Gasteiger partial charge is 0.494 e. The molecule has 1 aromatic heterocycles. The summed E-state index contributed by atoms with van der Waals surface area (Å²) in [5.41, 5.74) is 1.46. The number of unbranched alkanes of at least 4 members (excludes halogenated alkanes) is 3. The van der Waals surface area contributed by atoms with Crippen LogP contribution in [0.4, 0.5) is 0 Å². The molecule has 0 unspecified atom stereocenters. The third-order valence-electron chi connectivity index (χ3n) is 4.42. The highest BCUT2D eigenvalue weighted by atomic mass is 32.1. The van der Waals surface area contributed by atoms with Crippen molar-refractivity contribution < 1.29 is 14.3 Å². The van der Waals surface area contributed by atoms with Crippen molar-refractivity contribution >= 4 is 17.3 Å². The van der Waals surface area contributed by atoms with E-state index in [1.807, 2.05) is 18.2 Å². The lowest BCUT2D eigenvalue weighted by molar-refractivity contribution is 0.0734. The first-order chi connectivity index (χ1) is 14.2. The van der Waals surface area contributed by atoms with Crippen LogP contribution in [0, 0.1) is 11.3 Å². The SMILES string of the molecule is CCCCCCOc1ccc(C(=O)Oc2ccc(-c3ccc(C#N)s3)cc2)cc1. The highest BCUT2D eigenvalue weighted by Gasteiger charge is 2.10. The predicted molar refractivity (Wildman–Crippen MR) is 116 cm³/mol. The van der Waals surface area contributed by atoms with Gasteiger partial charge in [0.25, 0.3) is 0 Å². The molecule has 0 aliphatic heterocycles. The first-order valence-electron chi connectivity index (χ1n) is 9.75. The van der Waals surface area contributed by atoms with Crippen LogP contribution in [0.3, 0.4) is 0 Å². The van der Waals surface area contributed by atoms with Crippen molar-refractivity contribution in [3.63, 3.8) is 0 Å². The van der Waals surface area contributed by atoms with Crippen molar-refractivity contribution in [2.24, 2.45) is 0 Å². The van der Waals surface area contributed by atoms with Gasteiger partial charge in [-0.05, 0) is 72.6 Å². The van der Waals surface area contributed by atoms with E-state index in [4.69, 9.17) is 14.7 Å². The molecule has 0 saturated heterocycles. The summed E-state index contributed by atoms with van der Waals surface area (Å²) < 4.78 is 11.2. The van der Waals surface area contributed by atoms with E-state index in [0.29, 0.717) is 22.8 Å². The number of hydrogen-bond acceptors (Lipinski definition) is 5. The van der Waals surface area contributed by atoms with E-state index < -0.39 is 5.97 Å². The number of nitriles is 1. The van der Waals surface area contributed by atoms with Crippen LogP contribution in [0.1, 0.15) is 47.8 Å². The summed E-state index contributed by atoms with van der Waals surface area (Å²) in [5, 5.41) is 8.94. The van der Waals surface area contributed by atoms with Gasteiger partial charge in [0.15, 0.2) is 0 Å². The van der Waals surface area contributed by atoms with Gasteiger partial charge in [0.05, 0.1) is 12.2 Å². The molecule has 0 fully saturated rings. The van der Waals surface area contributed by atoms with Gasteiger partial charge in [-0.15, -0.1) is 11.3 Å². The molecule has 5 heteroatoms. The molecule has 29 heavy (non-hydrogen) atoms. The second-order valence-corrected chi connectivity index (χ2v) is 7.71. The van der Waals surface area contributed by atoms with E-state index in [2.05, 4.69) is 13.0 Å². The molecule has 0 atom stereocenters. The Labute approximate surface area is 175 Å². The average molecular weight is 406 g/mol. The third-order valence-corrected chi connectivity index (χ3v) is 5.46. The van der Waals surface area contributed by atoms with Gasteiger partial charge in [-0.1, -0.05) is 26.2 Å². The molecule has 0 saturated carbocycles. The van der Waals surface area contributed by atoms with Crippen molar-refractivity contribution in [2.75, 3.05) is 6.61 Å². The van der Waals surface area contributed by atoms with Crippen molar-refractivity contribution in [1.29, 1.82) is 5.26 Å². The van der Waals surface area contributed by atoms with Gasteiger partial charge in [0.2, 0.25) is 0 Å². The van der Waals surface area contributed by atoms with E-state index in [-0.39, 0.29) is 0 Å². The number of nitrogens with zero attached hydrogens (tertiary/aromatic N) is 1. The number of thiophene rings is 1. The van der Waals surface area contributed by atoms with Crippen molar-refractivity contribution in [2.45, 2.75) is 32.6 Å². The molecule has 0 aliphatic carbocycles. The minimum Gasteiger partial charge on any atom is -0.494 e. The van der Waals surface area contributed by atoms with E-state index in [1.165, 1.54) is 30.6 Å². The fraction of sp³-hybridized carbons (Fsp3) is 0.250. The van der Waals surface area contributed by atoms with Crippen molar-refractivity contribution in [3.05, 3.63) is 71.1 Å². The number of hydrogen-bond donors (Lipinski definition) is 0. The minimum absolute atomic E-state index is 0.407. The molecule has 148 valence electrons. The highest BCUT2D eigenvalue weighted by Crippen LogP contribution is 2.29. The normalized spacial score (nSPS) is 10.3. The maximum atomic E-state index is 12.4. The summed E-state index contributed by atoms with van der Waals surface area (Å²) >= 11 is 1.43. The van der Waals surface area contributed by atoms with Crippen LogP contribution in [-0.2, 0) is 0 Å².